The maximum Gasteiger partial charge on any atom is 0.254 e. The lowest BCUT2D eigenvalue weighted by molar-refractivity contribution is -0.113. The van der Waals surface area contributed by atoms with Crippen molar-refractivity contribution in [3.8, 4) is 6.07 Å². The molecule has 1 aliphatic rings. The molecule has 0 aliphatic carbocycles. The zero-order chi connectivity index (χ0) is 26.5. The molecule has 1 atom stereocenters. The summed E-state index contributed by atoms with van der Waals surface area (Å²) in [6, 6.07) is 23.6. The van der Waals surface area contributed by atoms with Crippen LogP contribution >= 0.6 is 35.0 Å². The number of benzene rings is 3. The third-order valence-corrected chi connectivity index (χ3v) is 7.54. The number of hydrogen-bond donors (Lipinski definition) is 2. The smallest absolute Gasteiger partial charge is 0.254 e. The van der Waals surface area contributed by atoms with Crippen molar-refractivity contribution >= 4 is 52.3 Å². The Kier molecular flexibility index (Phi) is 8.40. The zero-order valence-corrected chi connectivity index (χ0v) is 22.5. The Bertz CT molecular complexity index is 1460. The number of Topliss-reactive ketones (excluding diaryl/α,β-unsaturated/α-hetero) is 1. The van der Waals surface area contributed by atoms with Gasteiger partial charge in [-0.15, -0.1) is 0 Å². The maximum atomic E-state index is 13.5. The quantitative estimate of drug-likeness (QED) is 0.304. The molecule has 0 radical (unpaired) electrons. The number of nitrogens with zero attached hydrogens (tertiary/aromatic N) is 1. The molecule has 5 nitrogen and oxygen atoms in total. The van der Waals surface area contributed by atoms with Gasteiger partial charge in [-0.3, -0.25) is 9.59 Å². The number of nitrogens with one attached hydrogen (secondary N) is 2. The number of thioether (sulfide) groups is 1. The molecule has 0 bridgehead atoms. The lowest BCUT2D eigenvalue weighted by Gasteiger charge is -2.30. The normalized spacial score (nSPS) is 15.2. The average Bonchev–Trinajstić information content (AvgIpc) is 2.88. The van der Waals surface area contributed by atoms with Crippen molar-refractivity contribution in [3.63, 3.8) is 0 Å². The summed E-state index contributed by atoms with van der Waals surface area (Å²) >= 11 is 13.8. The van der Waals surface area contributed by atoms with E-state index in [-0.39, 0.29) is 17.4 Å². The number of nitriles is 1. The van der Waals surface area contributed by atoms with Crippen LogP contribution in [0.25, 0.3) is 0 Å². The topological polar surface area (TPSA) is 82.0 Å². The molecule has 4 rings (SSSR count). The summed E-state index contributed by atoms with van der Waals surface area (Å²) in [6.07, 6.45) is 0. The predicted octanol–water partition coefficient (Wildman–Crippen LogP) is 7.25. The summed E-state index contributed by atoms with van der Waals surface area (Å²) in [7, 11) is 0. The van der Waals surface area contributed by atoms with Gasteiger partial charge in [-0.1, -0.05) is 83.0 Å². The Labute approximate surface area is 230 Å². The maximum absolute atomic E-state index is 13.5. The van der Waals surface area contributed by atoms with Gasteiger partial charge in [0.1, 0.15) is 0 Å². The summed E-state index contributed by atoms with van der Waals surface area (Å²) < 4.78 is 0. The fourth-order valence-corrected chi connectivity index (χ4v) is 5.40. The van der Waals surface area contributed by atoms with Gasteiger partial charge >= 0.3 is 0 Å². The Morgan fingerprint density at radius 2 is 1.68 bits per heavy atom. The lowest BCUT2D eigenvalue weighted by Crippen LogP contribution is -2.31. The van der Waals surface area contributed by atoms with Crippen molar-refractivity contribution in [1.29, 1.82) is 5.26 Å². The number of allylic oxidation sites excluding steroid dienone is 2. The van der Waals surface area contributed by atoms with Gasteiger partial charge < -0.3 is 10.6 Å². The van der Waals surface area contributed by atoms with Crippen molar-refractivity contribution in [2.24, 2.45) is 0 Å². The van der Waals surface area contributed by atoms with Crippen LogP contribution < -0.4 is 10.6 Å². The molecule has 2 N–H and O–H groups in total. The third kappa shape index (κ3) is 6.08. The number of halogens is 2. The number of carbonyl (C=O) groups is 2. The highest BCUT2D eigenvalue weighted by Crippen LogP contribution is 2.43. The fourth-order valence-electron chi connectivity index (χ4n) is 4.04. The molecule has 0 aromatic heterocycles. The van der Waals surface area contributed by atoms with Gasteiger partial charge in [0.05, 0.1) is 28.3 Å². The number of aryl methyl sites for hydroxylation is 1. The van der Waals surface area contributed by atoms with E-state index in [1.165, 1.54) is 11.8 Å². The van der Waals surface area contributed by atoms with E-state index in [1.54, 1.807) is 61.5 Å². The summed E-state index contributed by atoms with van der Waals surface area (Å²) in [5.41, 5.74) is 4.13. The Balaban J connectivity index is 1.69. The van der Waals surface area contributed by atoms with Gasteiger partial charge in [0.25, 0.3) is 5.91 Å². The minimum absolute atomic E-state index is 0.0567. The summed E-state index contributed by atoms with van der Waals surface area (Å²) in [5, 5.41) is 17.9. The Morgan fingerprint density at radius 3 is 2.32 bits per heavy atom. The first kappa shape index (κ1) is 26.6. The van der Waals surface area contributed by atoms with Gasteiger partial charge in [-0.25, -0.2) is 0 Å². The van der Waals surface area contributed by atoms with Crippen molar-refractivity contribution in [3.05, 3.63) is 121 Å². The minimum Gasteiger partial charge on any atom is -0.353 e. The van der Waals surface area contributed by atoms with E-state index < -0.39 is 5.92 Å². The largest absolute Gasteiger partial charge is 0.353 e. The molecule has 0 fully saturated rings. The van der Waals surface area contributed by atoms with Crippen LogP contribution in [-0.4, -0.2) is 17.4 Å². The van der Waals surface area contributed by atoms with Crippen molar-refractivity contribution in [2.75, 3.05) is 11.1 Å². The second-order valence-corrected chi connectivity index (χ2v) is 10.3. The molecule has 37 heavy (non-hydrogen) atoms. The zero-order valence-electron chi connectivity index (χ0n) is 20.1. The van der Waals surface area contributed by atoms with Crippen LogP contribution in [-0.2, 0) is 4.79 Å². The first-order valence-electron chi connectivity index (χ1n) is 11.4. The minimum atomic E-state index is -0.718. The van der Waals surface area contributed by atoms with Crippen LogP contribution in [0.5, 0.6) is 0 Å². The summed E-state index contributed by atoms with van der Waals surface area (Å²) in [5.74, 6) is -1.02. The lowest BCUT2D eigenvalue weighted by atomic mass is 9.82. The molecule has 186 valence electrons. The Morgan fingerprint density at radius 1 is 1.00 bits per heavy atom. The number of amides is 1. The first-order chi connectivity index (χ1) is 17.8. The number of carbonyl (C=O) groups excluding carboxylic acids is 2. The Hall–Kier alpha value is -3.50. The average molecular weight is 548 g/mol. The SMILES string of the molecule is CC1=C(C(=O)Nc2ccc(Cl)cc2)[C@@H](c2ccccc2Cl)C(C#N)=C(SCC(=O)c2ccc(C)cc2)N1. The molecular weight excluding hydrogens is 525 g/mol. The predicted molar refractivity (Wildman–Crippen MR) is 151 cm³/mol. The summed E-state index contributed by atoms with van der Waals surface area (Å²) in [4.78, 5) is 26.3. The molecule has 3 aromatic rings. The number of dihydropyridines is 1. The number of hydrogen-bond acceptors (Lipinski definition) is 5. The van der Waals surface area contributed by atoms with E-state index in [2.05, 4.69) is 16.7 Å². The highest BCUT2D eigenvalue weighted by atomic mass is 35.5. The van der Waals surface area contributed by atoms with E-state index >= 15 is 0 Å². The van der Waals surface area contributed by atoms with Crippen molar-refractivity contribution < 1.29 is 9.59 Å². The van der Waals surface area contributed by atoms with Gasteiger partial charge in [0.2, 0.25) is 0 Å². The van der Waals surface area contributed by atoms with E-state index in [0.29, 0.717) is 48.7 Å². The standard InChI is InChI=1S/C29H23Cl2N3O2S/c1-17-7-9-19(10-8-17)25(35)16-37-29-23(15-32)27(22-5-3-4-6-24(22)31)26(18(2)33-29)28(36)34-21-13-11-20(30)12-14-21/h3-14,27,33H,16H2,1-2H3,(H,34,36)/t27-/m0/s1. The molecule has 0 unspecified atom stereocenters. The van der Waals surface area contributed by atoms with E-state index in [9.17, 15) is 14.9 Å². The third-order valence-electron chi connectivity index (χ3n) is 5.93. The molecule has 0 saturated heterocycles. The molecule has 1 aliphatic heterocycles. The first-order valence-corrected chi connectivity index (χ1v) is 13.2. The van der Waals surface area contributed by atoms with Crippen molar-refractivity contribution in [1.82, 2.24) is 5.32 Å². The van der Waals surface area contributed by atoms with Crippen molar-refractivity contribution in [2.45, 2.75) is 19.8 Å². The monoisotopic (exact) mass is 547 g/mol. The van der Waals surface area contributed by atoms with Crippen LogP contribution in [0.4, 0.5) is 5.69 Å². The van der Waals surface area contributed by atoms with Gasteiger partial charge in [-0.05, 0) is 49.7 Å². The highest BCUT2D eigenvalue weighted by Gasteiger charge is 2.36. The van der Waals surface area contributed by atoms with Crippen LogP contribution in [0, 0.1) is 18.3 Å². The molecule has 8 heteroatoms. The molecule has 1 heterocycles. The van der Waals surface area contributed by atoms with Crippen LogP contribution in [0.1, 0.15) is 34.3 Å². The molecule has 0 saturated carbocycles. The van der Waals surface area contributed by atoms with E-state index in [1.807, 2.05) is 25.1 Å². The second kappa shape index (κ2) is 11.7. The van der Waals surface area contributed by atoms with E-state index in [4.69, 9.17) is 23.2 Å². The van der Waals surface area contributed by atoms with Gasteiger partial charge in [-0.2, -0.15) is 5.26 Å². The van der Waals surface area contributed by atoms with Crippen LogP contribution in [0.15, 0.2) is 94.7 Å². The van der Waals surface area contributed by atoms with Gasteiger partial charge in [0.15, 0.2) is 5.78 Å². The molecule has 1 amide bonds. The molecular formula is C29H23Cl2N3O2S. The second-order valence-electron chi connectivity index (χ2n) is 8.51. The van der Waals surface area contributed by atoms with Crippen LogP contribution in [0.3, 0.4) is 0 Å². The summed E-state index contributed by atoms with van der Waals surface area (Å²) in [6.45, 7) is 3.74. The van der Waals surface area contributed by atoms with E-state index in [0.717, 1.165) is 5.56 Å². The van der Waals surface area contributed by atoms with Gasteiger partial charge in [0, 0.05) is 32.6 Å². The van der Waals surface area contributed by atoms with Crippen LogP contribution in [0.2, 0.25) is 10.0 Å². The number of anilines is 1. The number of rotatable bonds is 7. The molecule has 0 spiro atoms. The number of ketones is 1. The fraction of sp³-hybridized carbons (Fsp3) is 0.138. The molecule has 3 aromatic carbocycles. The highest BCUT2D eigenvalue weighted by molar-refractivity contribution is 8.03.